The van der Waals surface area contributed by atoms with Gasteiger partial charge in [-0.25, -0.2) is 19.6 Å². The number of methoxy groups -OCH3 is 1. The molecule has 4 aromatic rings. The normalized spacial score (nSPS) is 13.5. The van der Waals surface area contributed by atoms with Crippen LogP contribution in [0.15, 0.2) is 61.4 Å². The van der Waals surface area contributed by atoms with Gasteiger partial charge in [-0.05, 0) is 42.8 Å². The summed E-state index contributed by atoms with van der Waals surface area (Å²) in [7, 11) is 1.54. The van der Waals surface area contributed by atoms with Crippen LogP contribution in [0.3, 0.4) is 0 Å². The Morgan fingerprint density at radius 3 is 2.67 bits per heavy atom. The lowest BCUT2D eigenvalue weighted by Crippen LogP contribution is -2.39. The van der Waals surface area contributed by atoms with Gasteiger partial charge in [0, 0.05) is 36.0 Å². The van der Waals surface area contributed by atoms with Gasteiger partial charge in [0.2, 0.25) is 5.95 Å². The predicted octanol–water partition coefficient (Wildman–Crippen LogP) is 3.20. The molecule has 0 radical (unpaired) electrons. The molecule has 1 atom stereocenters. The molecule has 1 aliphatic rings. The standard InChI is InChI=1S/C28H28N8O4/c1-18(13-36-17-30-16-34-36)40-25-7-20(3-4-22(25)9-29)23-11-32-28(33-12-23)35-24-6-5-21(8-26(24)38-2)27(37)31-10-19-14-39-15-19/h3-8,11-12,16-19H,10,13-15H2,1-2H3,(H,31,37)(H,32,33,35)/t18-/m0/s1. The van der Waals surface area contributed by atoms with E-state index in [-0.39, 0.29) is 12.0 Å². The lowest BCUT2D eigenvalue weighted by atomic mass is 10.1. The Morgan fingerprint density at radius 2 is 2.00 bits per heavy atom. The van der Waals surface area contributed by atoms with Crippen LogP contribution in [0.2, 0.25) is 0 Å². The van der Waals surface area contributed by atoms with Crippen LogP contribution in [-0.2, 0) is 11.3 Å². The highest BCUT2D eigenvalue weighted by atomic mass is 16.5. The van der Waals surface area contributed by atoms with Crippen LogP contribution in [0, 0.1) is 17.2 Å². The summed E-state index contributed by atoms with van der Waals surface area (Å²) in [6.45, 7) is 4.32. The quantitative estimate of drug-likeness (QED) is 0.290. The van der Waals surface area contributed by atoms with E-state index in [0.717, 1.165) is 11.1 Å². The van der Waals surface area contributed by atoms with Gasteiger partial charge in [0.1, 0.15) is 36.3 Å². The minimum absolute atomic E-state index is 0.170. The molecule has 2 aromatic carbocycles. The van der Waals surface area contributed by atoms with Crippen molar-refractivity contribution >= 4 is 17.5 Å². The maximum absolute atomic E-state index is 12.5. The van der Waals surface area contributed by atoms with Crippen LogP contribution in [0.1, 0.15) is 22.8 Å². The number of rotatable bonds is 11. The van der Waals surface area contributed by atoms with Gasteiger partial charge in [0.15, 0.2) is 0 Å². The topological polar surface area (TPSA) is 149 Å². The maximum Gasteiger partial charge on any atom is 0.251 e. The van der Waals surface area contributed by atoms with E-state index in [4.69, 9.17) is 14.2 Å². The molecule has 2 N–H and O–H groups in total. The van der Waals surface area contributed by atoms with E-state index < -0.39 is 0 Å². The van der Waals surface area contributed by atoms with E-state index in [2.05, 4.69) is 36.8 Å². The van der Waals surface area contributed by atoms with Crippen LogP contribution in [0.4, 0.5) is 11.6 Å². The Labute approximate surface area is 231 Å². The molecule has 1 fully saturated rings. The Hall–Kier alpha value is -5.02. The highest BCUT2D eigenvalue weighted by molar-refractivity contribution is 5.95. The number of aromatic nitrogens is 5. The summed E-state index contributed by atoms with van der Waals surface area (Å²) in [5.41, 5.74) is 3.09. The smallest absolute Gasteiger partial charge is 0.251 e. The molecule has 0 saturated carbocycles. The average Bonchev–Trinajstić information content (AvgIpc) is 3.45. The predicted molar refractivity (Wildman–Crippen MR) is 145 cm³/mol. The van der Waals surface area contributed by atoms with Crippen LogP contribution in [0.25, 0.3) is 11.1 Å². The number of nitrogens with zero attached hydrogens (tertiary/aromatic N) is 6. The number of hydrogen-bond acceptors (Lipinski definition) is 10. The summed E-state index contributed by atoms with van der Waals surface area (Å²) in [6.07, 6.45) is 6.19. The van der Waals surface area contributed by atoms with E-state index in [1.165, 1.54) is 13.4 Å². The molecule has 5 rings (SSSR count). The number of hydrogen-bond donors (Lipinski definition) is 2. The fraction of sp³-hybridized carbons (Fsp3) is 0.286. The minimum Gasteiger partial charge on any atom is -0.495 e. The molecule has 0 bridgehead atoms. The van der Waals surface area contributed by atoms with Gasteiger partial charge in [0.25, 0.3) is 5.91 Å². The lowest BCUT2D eigenvalue weighted by Gasteiger charge is -2.25. The zero-order valence-corrected chi connectivity index (χ0v) is 22.1. The first-order chi connectivity index (χ1) is 19.5. The van der Waals surface area contributed by atoms with Gasteiger partial charge in [0.05, 0.1) is 38.1 Å². The van der Waals surface area contributed by atoms with Gasteiger partial charge >= 0.3 is 0 Å². The van der Waals surface area contributed by atoms with Gasteiger partial charge < -0.3 is 24.8 Å². The Morgan fingerprint density at radius 1 is 1.18 bits per heavy atom. The third-order valence-electron chi connectivity index (χ3n) is 6.29. The van der Waals surface area contributed by atoms with E-state index in [1.54, 1.807) is 53.7 Å². The van der Waals surface area contributed by atoms with E-state index in [9.17, 15) is 10.1 Å². The molecule has 12 nitrogen and oxygen atoms in total. The molecule has 2 aromatic heterocycles. The first kappa shape index (κ1) is 26.6. The van der Waals surface area contributed by atoms with Gasteiger partial charge in [-0.3, -0.25) is 4.79 Å². The highest BCUT2D eigenvalue weighted by Gasteiger charge is 2.20. The summed E-state index contributed by atoms with van der Waals surface area (Å²) in [5.74, 6) is 1.50. The molecular weight excluding hydrogens is 512 g/mol. The SMILES string of the molecule is COc1cc(C(=O)NCC2COC2)ccc1Nc1ncc(-c2ccc(C#N)c(O[C@@H](C)Cn3cncn3)c2)cn1. The van der Waals surface area contributed by atoms with Crippen LogP contribution < -0.4 is 20.1 Å². The molecule has 0 unspecified atom stereocenters. The zero-order valence-electron chi connectivity index (χ0n) is 22.1. The van der Waals surface area contributed by atoms with E-state index in [1.807, 2.05) is 13.0 Å². The van der Waals surface area contributed by atoms with Crippen molar-refractivity contribution in [1.29, 1.82) is 5.26 Å². The fourth-order valence-electron chi connectivity index (χ4n) is 4.08. The summed E-state index contributed by atoms with van der Waals surface area (Å²) < 4.78 is 18.4. The number of nitriles is 1. The summed E-state index contributed by atoms with van der Waals surface area (Å²) >= 11 is 0. The number of benzene rings is 2. The number of carbonyl (C=O) groups is 1. The fourth-order valence-corrected chi connectivity index (χ4v) is 4.08. The number of ether oxygens (including phenoxy) is 3. The molecule has 12 heteroatoms. The summed E-state index contributed by atoms with van der Waals surface area (Å²) in [6, 6.07) is 12.6. The molecule has 204 valence electrons. The molecule has 40 heavy (non-hydrogen) atoms. The first-order valence-corrected chi connectivity index (χ1v) is 12.7. The average molecular weight is 541 g/mol. The van der Waals surface area contributed by atoms with Crippen molar-refractivity contribution in [3.05, 3.63) is 72.6 Å². The molecule has 1 aliphatic heterocycles. The van der Waals surface area contributed by atoms with Crippen LogP contribution in [0.5, 0.6) is 11.5 Å². The second-order valence-electron chi connectivity index (χ2n) is 9.32. The third-order valence-corrected chi connectivity index (χ3v) is 6.29. The minimum atomic E-state index is -0.239. The number of anilines is 2. The molecule has 1 amide bonds. The summed E-state index contributed by atoms with van der Waals surface area (Å²) in [4.78, 5) is 25.3. The van der Waals surface area contributed by atoms with Crippen molar-refractivity contribution in [2.75, 3.05) is 32.2 Å². The zero-order chi connectivity index (χ0) is 27.9. The second kappa shape index (κ2) is 12.2. The number of carbonyl (C=O) groups excluding carboxylic acids is 1. The van der Waals surface area contributed by atoms with Gasteiger partial charge in [-0.15, -0.1) is 0 Å². The maximum atomic E-state index is 12.5. The highest BCUT2D eigenvalue weighted by Crippen LogP contribution is 2.30. The Balaban J connectivity index is 1.26. The van der Waals surface area contributed by atoms with Crippen molar-refractivity contribution < 1.29 is 19.0 Å². The Kier molecular flexibility index (Phi) is 8.13. The molecular formula is C28H28N8O4. The van der Waals surface area contributed by atoms with Crippen molar-refractivity contribution in [2.24, 2.45) is 5.92 Å². The van der Waals surface area contributed by atoms with Crippen molar-refractivity contribution in [2.45, 2.75) is 19.6 Å². The molecule has 0 spiro atoms. The van der Waals surface area contributed by atoms with Crippen molar-refractivity contribution in [1.82, 2.24) is 30.0 Å². The Bertz CT molecular complexity index is 1500. The van der Waals surface area contributed by atoms with E-state index >= 15 is 0 Å². The number of nitrogens with one attached hydrogen (secondary N) is 2. The van der Waals surface area contributed by atoms with Crippen molar-refractivity contribution in [3.63, 3.8) is 0 Å². The molecule has 3 heterocycles. The number of amides is 1. The van der Waals surface area contributed by atoms with Crippen LogP contribution >= 0.6 is 0 Å². The monoisotopic (exact) mass is 540 g/mol. The largest absolute Gasteiger partial charge is 0.495 e. The third kappa shape index (κ3) is 6.33. The van der Waals surface area contributed by atoms with Gasteiger partial charge in [-0.2, -0.15) is 10.4 Å². The van der Waals surface area contributed by atoms with Crippen LogP contribution in [-0.4, -0.2) is 63.6 Å². The first-order valence-electron chi connectivity index (χ1n) is 12.7. The van der Waals surface area contributed by atoms with Gasteiger partial charge in [-0.1, -0.05) is 6.07 Å². The van der Waals surface area contributed by atoms with E-state index in [0.29, 0.717) is 66.5 Å². The summed E-state index contributed by atoms with van der Waals surface area (Å²) in [5, 5.41) is 19.7. The molecule has 1 saturated heterocycles. The van der Waals surface area contributed by atoms with Crippen molar-refractivity contribution in [3.8, 4) is 28.7 Å². The molecule has 0 aliphatic carbocycles. The second-order valence-corrected chi connectivity index (χ2v) is 9.32. The lowest BCUT2D eigenvalue weighted by molar-refractivity contribution is -0.0298.